The molecule has 0 saturated heterocycles. The van der Waals surface area contributed by atoms with Crippen molar-refractivity contribution in [1.82, 2.24) is 0 Å². The number of nitrogens with one attached hydrogen (secondary N) is 1. The summed E-state index contributed by atoms with van der Waals surface area (Å²) in [6, 6.07) is 4.38. The summed E-state index contributed by atoms with van der Waals surface area (Å²) in [5.74, 6) is -0.400. The zero-order valence-electron chi connectivity index (χ0n) is 6.55. The number of rotatable bonds is 3. The Morgan fingerprint density at radius 2 is 2.25 bits per heavy atom. The van der Waals surface area contributed by atoms with Crippen molar-refractivity contribution in [1.29, 1.82) is 0 Å². The van der Waals surface area contributed by atoms with Gasteiger partial charge < -0.3 is 16.2 Å². The van der Waals surface area contributed by atoms with E-state index in [0.717, 1.165) is 0 Å². The summed E-state index contributed by atoms with van der Waals surface area (Å²) in [5, 5.41) is 11.2. The molecule has 0 atom stereocenters. The fraction of sp³-hybridized carbons (Fsp3) is 0.250. The summed E-state index contributed by atoms with van der Waals surface area (Å²) in [5.41, 5.74) is 6.09. The Balaban J connectivity index is 2.72. The summed E-state index contributed by atoms with van der Waals surface area (Å²) in [6.45, 7) is 0.310. The highest BCUT2D eigenvalue weighted by atomic mass is 19.1. The first kappa shape index (κ1) is 8.80. The fourth-order valence-corrected chi connectivity index (χ4v) is 0.865. The van der Waals surface area contributed by atoms with Gasteiger partial charge in [0.15, 0.2) is 0 Å². The van der Waals surface area contributed by atoms with Crippen LogP contribution in [-0.2, 0) is 0 Å². The molecule has 1 aromatic carbocycles. The van der Waals surface area contributed by atoms with Crippen LogP contribution in [0.3, 0.4) is 0 Å². The van der Waals surface area contributed by atoms with Crippen LogP contribution in [-0.4, -0.2) is 18.3 Å². The van der Waals surface area contributed by atoms with E-state index in [1.165, 1.54) is 6.07 Å². The standard InChI is InChI=1S/C8H11FN2O/c9-7-5-6(10)1-2-8(7)11-3-4-12/h1-2,5,11-12H,3-4,10H2. The highest BCUT2D eigenvalue weighted by molar-refractivity contribution is 5.52. The predicted molar refractivity (Wildman–Crippen MR) is 46.4 cm³/mol. The molecule has 0 unspecified atom stereocenters. The molecule has 0 bridgehead atoms. The van der Waals surface area contributed by atoms with E-state index in [1.807, 2.05) is 0 Å². The summed E-state index contributed by atoms with van der Waals surface area (Å²) in [4.78, 5) is 0. The monoisotopic (exact) mass is 170 g/mol. The van der Waals surface area contributed by atoms with Crippen molar-refractivity contribution in [3.05, 3.63) is 24.0 Å². The molecule has 0 fully saturated rings. The molecule has 1 rings (SSSR count). The second-order valence-corrected chi connectivity index (χ2v) is 2.39. The lowest BCUT2D eigenvalue weighted by atomic mass is 10.2. The SMILES string of the molecule is Nc1ccc(NCCO)c(F)c1. The van der Waals surface area contributed by atoms with E-state index in [0.29, 0.717) is 17.9 Å². The summed E-state index contributed by atoms with van der Waals surface area (Å²) >= 11 is 0. The zero-order chi connectivity index (χ0) is 8.97. The fourth-order valence-electron chi connectivity index (χ4n) is 0.865. The van der Waals surface area contributed by atoms with E-state index in [4.69, 9.17) is 10.8 Å². The maximum absolute atomic E-state index is 12.9. The van der Waals surface area contributed by atoms with E-state index < -0.39 is 5.82 Å². The number of nitrogens with two attached hydrogens (primary N) is 1. The number of aliphatic hydroxyl groups excluding tert-OH is 1. The number of hydrogen-bond donors (Lipinski definition) is 3. The molecule has 0 saturated carbocycles. The molecule has 4 heteroatoms. The Morgan fingerprint density at radius 1 is 1.50 bits per heavy atom. The van der Waals surface area contributed by atoms with Crippen LogP contribution in [0.4, 0.5) is 15.8 Å². The van der Waals surface area contributed by atoms with Gasteiger partial charge in [-0.05, 0) is 18.2 Å². The van der Waals surface area contributed by atoms with Gasteiger partial charge >= 0.3 is 0 Å². The first-order valence-electron chi connectivity index (χ1n) is 3.64. The van der Waals surface area contributed by atoms with Gasteiger partial charge in [0.05, 0.1) is 12.3 Å². The molecule has 0 aliphatic rings. The average Bonchev–Trinajstić information content (AvgIpc) is 2.03. The van der Waals surface area contributed by atoms with Gasteiger partial charge in [0.25, 0.3) is 0 Å². The normalized spacial score (nSPS) is 9.83. The second kappa shape index (κ2) is 3.92. The highest BCUT2D eigenvalue weighted by Crippen LogP contribution is 2.16. The van der Waals surface area contributed by atoms with Crippen molar-refractivity contribution in [3.8, 4) is 0 Å². The lowest BCUT2D eigenvalue weighted by Gasteiger charge is -2.05. The Kier molecular flexibility index (Phi) is 2.88. The van der Waals surface area contributed by atoms with Crippen molar-refractivity contribution in [2.45, 2.75) is 0 Å². The number of hydrogen-bond acceptors (Lipinski definition) is 3. The lowest BCUT2D eigenvalue weighted by molar-refractivity contribution is 0.311. The minimum Gasteiger partial charge on any atom is -0.399 e. The van der Waals surface area contributed by atoms with Crippen LogP contribution in [0.5, 0.6) is 0 Å². The molecule has 0 aliphatic heterocycles. The van der Waals surface area contributed by atoms with Crippen LogP contribution >= 0.6 is 0 Å². The Labute approximate surface area is 70.0 Å². The van der Waals surface area contributed by atoms with Gasteiger partial charge in [0.1, 0.15) is 5.82 Å². The number of anilines is 2. The minimum atomic E-state index is -0.400. The molecule has 12 heavy (non-hydrogen) atoms. The molecule has 66 valence electrons. The van der Waals surface area contributed by atoms with Gasteiger partial charge in [-0.25, -0.2) is 4.39 Å². The molecule has 0 heterocycles. The lowest BCUT2D eigenvalue weighted by Crippen LogP contribution is -2.06. The van der Waals surface area contributed by atoms with E-state index >= 15 is 0 Å². The summed E-state index contributed by atoms with van der Waals surface area (Å²) in [7, 11) is 0. The first-order valence-corrected chi connectivity index (χ1v) is 3.64. The third kappa shape index (κ3) is 2.10. The third-order valence-electron chi connectivity index (χ3n) is 1.42. The van der Waals surface area contributed by atoms with E-state index in [2.05, 4.69) is 5.32 Å². The van der Waals surface area contributed by atoms with Crippen molar-refractivity contribution < 1.29 is 9.50 Å². The zero-order valence-corrected chi connectivity index (χ0v) is 6.55. The Hall–Kier alpha value is -1.29. The van der Waals surface area contributed by atoms with Crippen molar-refractivity contribution >= 4 is 11.4 Å². The van der Waals surface area contributed by atoms with Gasteiger partial charge in [0.2, 0.25) is 0 Å². The number of benzene rings is 1. The average molecular weight is 170 g/mol. The Morgan fingerprint density at radius 3 is 2.83 bits per heavy atom. The maximum Gasteiger partial charge on any atom is 0.148 e. The highest BCUT2D eigenvalue weighted by Gasteiger charge is 1.99. The number of halogens is 1. The quantitative estimate of drug-likeness (QED) is 0.588. The molecule has 1 aromatic rings. The van der Waals surface area contributed by atoms with E-state index in [9.17, 15) is 4.39 Å². The molecule has 3 nitrogen and oxygen atoms in total. The summed E-state index contributed by atoms with van der Waals surface area (Å²) in [6.07, 6.45) is 0. The van der Waals surface area contributed by atoms with Crippen molar-refractivity contribution in [2.24, 2.45) is 0 Å². The Bertz CT molecular complexity index is 265. The van der Waals surface area contributed by atoms with Gasteiger partial charge in [-0.1, -0.05) is 0 Å². The molecule has 0 aromatic heterocycles. The molecule has 0 radical (unpaired) electrons. The molecular weight excluding hydrogens is 159 g/mol. The predicted octanol–water partition coefficient (Wildman–Crippen LogP) is 0.812. The van der Waals surface area contributed by atoms with Crippen LogP contribution < -0.4 is 11.1 Å². The van der Waals surface area contributed by atoms with Crippen LogP contribution in [0.2, 0.25) is 0 Å². The van der Waals surface area contributed by atoms with Crippen molar-refractivity contribution in [2.75, 3.05) is 24.2 Å². The topological polar surface area (TPSA) is 58.3 Å². The molecule has 0 aliphatic carbocycles. The largest absolute Gasteiger partial charge is 0.399 e. The van der Waals surface area contributed by atoms with Crippen molar-refractivity contribution in [3.63, 3.8) is 0 Å². The molecule has 4 N–H and O–H groups in total. The smallest absolute Gasteiger partial charge is 0.148 e. The minimum absolute atomic E-state index is 0.0240. The number of nitrogen functional groups attached to an aromatic ring is 1. The second-order valence-electron chi connectivity index (χ2n) is 2.39. The van der Waals surface area contributed by atoms with Gasteiger partial charge in [-0.2, -0.15) is 0 Å². The van der Waals surface area contributed by atoms with Gasteiger partial charge in [-0.15, -0.1) is 0 Å². The van der Waals surface area contributed by atoms with Gasteiger partial charge in [-0.3, -0.25) is 0 Å². The molecular formula is C8H11FN2O. The summed E-state index contributed by atoms with van der Waals surface area (Å²) < 4.78 is 12.9. The van der Waals surface area contributed by atoms with Crippen LogP contribution in [0.25, 0.3) is 0 Å². The maximum atomic E-state index is 12.9. The van der Waals surface area contributed by atoms with Gasteiger partial charge in [0, 0.05) is 12.2 Å². The first-order chi connectivity index (χ1) is 5.74. The molecule has 0 amide bonds. The van der Waals surface area contributed by atoms with E-state index in [1.54, 1.807) is 12.1 Å². The van der Waals surface area contributed by atoms with E-state index in [-0.39, 0.29) is 6.61 Å². The van der Waals surface area contributed by atoms with Crippen LogP contribution in [0, 0.1) is 5.82 Å². The van der Waals surface area contributed by atoms with Crippen LogP contribution in [0.1, 0.15) is 0 Å². The van der Waals surface area contributed by atoms with Crippen LogP contribution in [0.15, 0.2) is 18.2 Å². The third-order valence-corrected chi connectivity index (χ3v) is 1.42. The number of aliphatic hydroxyl groups is 1. The molecule has 0 spiro atoms.